The van der Waals surface area contributed by atoms with Crippen LogP contribution in [0.3, 0.4) is 0 Å². The number of carbonyl (C=O) groups is 1. The number of aromatic nitrogens is 1. The van der Waals surface area contributed by atoms with E-state index in [2.05, 4.69) is 32.2 Å². The van der Waals surface area contributed by atoms with Gasteiger partial charge in [-0.15, -0.1) is 11.3 Å². The summed E-state index contributed by atoms with van der Waals surface area (Å²) in [4.78, 5) is 22.8. The highest BCUT2D eigenvalue weighted by molar-refractivity contribution is 7.15. The Bertz CT molecular complexity index is 905. The highest BCUT2D eigenvalue weighted by Gasteiger charge is 2.19. The van der Waals surface area contributed by atoms with Crippen molar-refractivity contribution in [2.45, 2.75) is 13.1 Å². The fraction of sp³-hybridized carbons (Fsp3) is 0.304. The van der Waals surface area contributed by atoms with Crippen molar-refractivity contribution in [3.63, 3.8) is 0 Å². The van der Waals surface area contributed by atoms with E-state index in [0.717, 1.165) is 43.3 Å². The molecule has 3 aromatic rings. The topological polar surface area (TPSA) is 48.5 Å². The van der Waals surface area contributed by atoms with Crippen molar-refractivity contribution >= 4 is 17.2 Å². The molecule has 6 heteroatoms. The maximum absolute atomic E-state index is 12.2. The van der Waals surface area contributed by atoms with E-state index in [-0.39, 0.29) is 5.91 Å². The van der Waals surface area contributed by atoms with Crippen molar-refractivity contribution in [2.75, 3.05) is 32.7 Å². The van der Waals surface area contributed by atoms with Crippen LogP contribution in [0.15, 0.2) is 66.9 Å². The van der Waals surface area contributed by atoms with E-state index >= 15 is 0 Å². The second kappa shape index (κ2) is 9.78. The molecule has 0 unspecified atom stereocenters. The standard InChI is InChI=1S/C23H26N4OS/c28-22(24-15-19-7-3-1-4-8-19)18-27-13-11-26(12-14-27)17-21-16-25-23(29-21)20-9-5-2-6-10-20/h1-10,16H,11-15,17-18H2,(H,24,28). The molecule has 1 aromatic heterocycles. The molecule has 0 radical (unpaired) electrons. The third-order valence-electron chi connectivity index (χ3n) is 5.12. The van der Waals surface area contributed by atoms with E-state index in [1.54, 1.807) is 11.3 Å². The number of carbonyl (C=O) groups excluding carboxylic acids is 1. The lowest BCUT2D eigenvalue weighted by Gasteiger charge is -2.33. The SMILES string of the molecule is O=C(CN1CCN(Cc2cnc(-c3ccccc3)s2)CC1)NCc1ccccc1. The molecule has 1 saturated heterocycles. The Kier molecular flexibility index (Phi) is 6.67. The number of hydrogen-bond donors (Lipinski definition) is 1. The Labute approximate surface area is 176 Å². The third-order valence-corrected chi connectivity index (χ3v) is 6.15. The summed E-state index contributed by atoms with van der Waals surface area (Å²) in [5.74, 6) is 0.0947. The van der Waals surface area contributed by atoms with Crippen LogP contribution in [-0.4, -0.2) is 53.4 Å². The normalized spacial score (nSPS) is 15.3. The molecule has 4 rings (SSSR count). The lowest BCUT2D eigenvalue weighted by Crippen LogP contribution is -2.48. The highest BCUT2D eigenvalue weighted by atomic mass is 32.1. The Balaban J connectivity index is 1.20. The summed E-state index contributed by atoms with van der Waals surface area (Å²) >= 11 is 1.77. The first kappa shape index (κ1) is 19.8. The second-order valence-electron chi connectivity index (χ2n) is 7.31. The molecule has 1 amide bonds. The number of nitrogens with one attached hydrogen (secondary N) is 1. The monoisotopic (exact) mass is 406 g/mol. The lowest BCUT2D eigenvalue weighted by molar-refractivity contribution is -0.122. The predicted molar refractivity (Wildman–Crippen MR) is 118 cm³/mol. The summed E-state index contributed by atoms with van der Waals surface area (Å²) in [5.41, 5.74) is 2.31. The van der Waals surface area contributed by atoms with Gasteiger partial charge in [0.2, 0.25) is 5.91 Å². The van der Waals surface area contributed by atoms with E-state index in [4.69, 9.17) is 0 Å². The first-order valence-corrected chi connectivity index (χ1v) is 10.8. The second-order valence-corrected chi connectivity index (χ2v) is 8.43. The molecular weight excluding hydrogens is 380 g/mol. The molecule has 150 valence electrons. The zero-order chi connectivity index (χ0) is 19.9. The van der Waals surface area contributed by atoms with E-state index < -0.39 is 0 Å². The van der Waals surface area contributed by atoms with Crippen LogP contribution in [0.4, 0.5) is 0 Å². The van der Waals surface area contributed by atoms with Gasteiger partial charge in [0, 0.05) is 55.9 Å². The number of rotatable bonds is 7. The van der Waals surface area contributed by atoms with Crippen LogP contribution in [0.1, 0.15) is 10.4 Å². The number of amides is 1. The summed E-state index contributed by atoms with van der Waals surface area (Å²) < 4.78 is 0. The van der Waals surface area contributed by atoms with E-state index in [9.17, 15) is 4.79 Å². The van der Waals surface area contributed by atoms with Crippen LogP contribution in [0, 0.1) is 0 Å². The maximum Gasteiger partial charge on any atom is 0.234 e. The molecule has 1 fully saturated rings. The molecule has 1 aliphatic heterocycles. The molecule has 0 bridgehead atoms. The summed E-state index contributed by atoms with van der Waals surface area (Å²) in [7, 11) is 0. The zero-order valence-corrected chi connectivity index (χ0v) is 17.3. The van der Waals surface area contributed by atoms with Crippen LogP contribution in [0.2, 0.25) is 0 Å². The Morgan fingerprint density at radius 3 is 2.31 bits per heavy atom. The molecule has 0 spiro atoms. The van der Waals surface area contributed by atoms with Crippen LogP contribution in [0.25, 0.3) is 10.6 Å². The molecule has 1 aliphatic rings. The van der Waals surface area contributed by atoms with Crippen molar-refractivity contribution in [1.29, 1.82) is 0 Å². The zero-order valence-electron chi connectivity index (χ0n) is 16.5. The molecule has 0 aliphatic carbocycles. The summed E-state index contributed by atoms with van der Waals surface area (Å²) in [6, 6.07) is 20.4. The van der Waals surface area contributed by atoms with E-state index in [1.807, 2.05) is 54.7 Å². The van der Waals surface area contributed by atoms with Gasteiger partial charge in [-0.3, -0.25) is 14.6 Å². The van der Waals surface area contributed by atoms with Gasteiger partial charge in [0.1, 0.15) is 5.01 Å². The van der Waals surface area contributed by atoms with E-state index in [1.165, 1.54) is 10.4 Å². The fourth-order valence-electron chi connectivity index (χ4n) is 3.48. The lowest BCUT2D eigenvalue weighted by atomic mass is 10.2. The van der Waals surface area contributed by atoms with Gasteiger partial charge >= 0.3 is 0 Å². The first-order valence-electron chi connectivity index (χ1n) is 10.0. The minimum absolute atomic E-state index is 0.0947. The minimum Gasteiger partial charge on any atom is -0.351 e. The third kappa shape index (κ3) is 5.73. The fourth-order valence-corrected chi connectivity index (χ4v) is 4.44. The van der Waals surface area contributed by atoms with Gasteiger partial charge in [-0.05, 0) is 5.56 Å². The molecule has 0 atom stereocenters. The van der Waals surface area contributed by atoms with Gasteiger partial charge in [0.05, 0.1) is 6.54 Å². The van der Waals surface area contributed by atoms with Crippen molar-refractivity contribution < 1.29 is 4.79 Å². The molecule has 0 saturated carbocycles. The number of thiazole rings is 1. The maximum atomic E-state index is 12.2. The van der Waals surface area contributed by atoms with Crippen molar-refractivity contribution in [3.05, 3.63) is 77.3 Å². The van der Waals surface area contributed by atoms with Gasteiger partial charge in [0.15, 0.2) is 0 Å². The Hall–Kier alpha value is -2.54. The molecule has 29 heavy (non-hydrogen) atoms. The quantitative estimate of drug-likeness (QED) is 0.654. The van der Waals surface area contributed by atoms with Gasteiger partial charge < -0.3 is 5.32 Å². The Morgan fingerprint density at radius 1 is 0.931 bits per heavy atom. The van der Waals surface area contributed by atoms with Gasteiger partial charge in [-0.25, -0.2) is 4.98 Å². The highest BCUT2D eigenvalue weighted by Crippen LogP contribution is 2.25. The molecule has 2 heterocycles. The number of piperazine rings is 1. The first-order chi connectivity index (χ1) is 14.3. The van der Waals surface area contributed by atoms with Gasteiger partial charge in [-0.1, -0.05) is 60.7 Å². The van der Waals surface area contributed by atoms with Crippen LogP contribution >= 0.6 is 11.3 Å². The van der Waals surface area contributed by atoms with Gasteiger partial charge in [0.25, 0.3) is 0 Å². The molecule has 2 aromatic carbocycles. The van der Waals surface area contributed by atoms with Crippen LogP contribution in [-0.2, 0) is 17.9 Å². The van der Waals surface area contributed by atoms with Crippen LogP contribution < -0.4 is 5.32 Å². The van der Waals surface area contributed by atoms with Crippen molar-refractivity contribution in [2.24, 2.45) is 0 Å². The summed E-state index contributed by atoms with van der Waals surface area (Å²) in [6.07, 6.45) is 2.00. The largest absolute Gasteiger partial charge is 0.351 e. The molecule has 5 nitrogen and oxygen atoms in total. The van der Waals surface area contributed by atoms with E-state index in [0.29, 0.717) is 13.1 Å². The number of nitrogens with zero attached hydrogens (tertiary/aromatic N) is 3. The number of hydrogen-bond acceptors (Lipinski definition) is 5. The van der Waals surface area contributed by atoms with Crippen molar-refractivity contribution in [1.82, 2.24) is 20.1 Å². The average molecular weight is 407 g/mol. The summed E-state index contributed by atoms with van der Waals surface area (Å²) in [6.45, 7) is 5.79. The van der Waals surface area contributed by atoms with Gasteiger partial charge in [-0.2, -0.15) is 0 Å². The van der Waals surface area contributed by atoms with Crippen LogP contribution in [0.5, 0.6) is 0 Å². The molecule has 1 N–H and O–H groups in total. The molecular formula is C23H26N4OS. The predicted octanol–water partition coefficient (Wildman–Crippen LogP) is 3.24. The van der Waals surface area contributed by atoms with Crippen molar-refractivity contribution in [3.8, 4) is 10.6 Å². The smallest absolute Gasteiger partial charge is 0.234 e. The average Bonchev–Trinajstić information content (AvgIpc) is 3.24. The number of benzene rings is 2. The minimum atomic E-state index is 0.0947. The summed E-state index contributed by atoms with van der Waals surface area (Å²) in [5, 5.41) is 4.09. The Morgan fingerprint density at radius 2 is 1.59 bits per heavy atom.